The summed E-state index contributed by atoms with van der Waals surface area (Å²) < 4.78 is 73.9. The third-order valence-corrected chi connectivity index (χ3v) is 8.64. The average molecular weight is 533 g/mol. The van der Waals surface area contributed by atoms with Gasteiger partial charge in [0.05, 0.1) is 17.1 Å². The number of benzene rings is 3. The van der Waals surface area contributed by atoms with Gasteiger partial charge in [0.15, 0.2) is 0 Å². The second-order valence-corrected chi connectivity index (χ2v) is 11.2. The lowest BCUT2D eigenvalue weighted by atomic mass is 9.99. The predicted octanol–water partition coefficient (Wildman–Crippen LogP) is 5.43. The Kier molecular flexibility index (Phi) is 8.38. The average Bonchev–Trinajstić information content (AvgIpc) is 2.88. The first-order valence-electron chi connectivity index (χ1n) is 12.2. The van der Waals surface area contributed by atoms with Gasteiger partial charge < -0.3 is 4.74 Å². The lowest BCUT2D eigenvalue weighted by Gasteiger charge is -2.34. The van der Waals surface area contributed by atoms with Crippen LogP contribution in [0.2, 0.25) is 0 Å². The maximum atomic E-state index is 13.3. The number of sulfonamides is 1. The Morgan fingerprint density at radius 3 is 2.22 bits per heavy atom. The molecule has 198 valence electrons. The van der Waals surface area contributed by atoms with Crippen LogP contribution in [0.1, 0.15) is 33.9 Å². The molecule has 1 heterocycles. The van der Waals surface area contributed by atoms with E-state index in [9.17, 15) is 21.6 Å². The quantitative estimate of drug-likeness (QED) is 0.388. The molecule has 3 aromatic carbocycles. The number of hydrogen-bond donors (Lipinski definition) is 0. The molecule has 4 rings (SSSR count). The minimum atomic E-state index is -4.44. The normalized spacial score (nSPS) is 16.6. The van der Waals surface area contributed by atoms with Gasteiger partial charge in [-0.05, 0) is 54.3 Å². The maximum Gasteiger partial charge on any atom is 0.416 e. The van der Waals surface area contributed by atoms with Crippen LogP contribution < -0.4 is 0 Å². The molecule has 0 spiro atoms. The Morgan fingerprint density at radius 2 is 1.54 bits per heavy atom. The molecular formula is C28H31F3N2O3S. The minimum absolute atomic E-state index is 0.291. The summed E-state index contributed by atoms with van der Waals surface area (Å²) in [5.74, 6) is 0. The number of alkyl halides is 3. The van der Waals surface area contributed by atoms with Crippen LogP contribution in [0.25, 0.3) is 0 Å². The first kappa shape index (κ1) is 27.3. The van der Waals surface area contributed by atoms with Gasteiger partial charge in [0.25, 0.3) is 0 Å². The molecule has 1 saturated heterocycles. The number of nitrogens with zero attached hydrogens (tertiary/aromatic N) is 2. The van der Waals surface area contributed by atoms with Gasteiger partial charge in [-0.2, -0.15) is 17.5 Å². The van der Waals surface area contributed by atoms with Crippen molar-refractivity contribution < 1.29 is 26.3 Å². The van der Waals surface area contributed by atoms with Crippen molar-refractivity contribution >= 4 is 10.0 Å². The first-order chi connectivity index (χ1) is 17.6. The van der Waals surface area contributed by atoms with Crippen molar-refractivity contribution in [1.29, 1.82) is 0 Å². The Morgan fingerprint density at radius 1 is 0.865 bits per heavy atom. The van der Waals surface area contributed by atoms with Crippen molar-refractivity contribution in [3.8, 4) is 0 Å². The summed E-state index contributed by atoms with van der Waals surface area (Å²) in [5, 5.41) is 0. The highest BCUT2D eigenvalue weighted by atomic mass is 32.2. The third-order valence-electron chi connectivity index (χ3n) is 6.60. The summed E-state index contributed by atoms with van der Waals surface area (Å²) in [7, 11) is -3.58. The summed E-state index contributed by atoms with van der Waals surface area (Å²) in [4.78, 5) is 2.46. The summed E-state index contributed by atoms with van der Waals surface area (Å²) in [5.41, 5.74) is 2.11. The highest BCUT2D eigenvalue weighted by Crippen LogP contribution is 2.33. The van der Waals surface area contributed by atoms with Crippen molar-refractivity contribution in [3.63, 3.8) is 0 Å². The van der Waals surface area contributed by atoms with Crippen LogP contribution in [0.3, 0.4) is 0 Å². The Balaban J connectivity index is 1.39. The largest absolute Gasteiger partial charge is 0.416 e. The highest BCUT2D eigenvalue weighted by Gasteiger charge is 2.32. The lowest BCUT2D eigenvalue weighted by molar-refractivity contribution is -0.137. The van der Waals surface area contributed by atoms with E-state index in [1.165, 1.54) is 10.4 Å². The van der Waals surface area contributed by atoms with Gasteiger partial charge in [-0.1, -0.05) is 54.6 Å². The molecular weight excluding hydrogens is 501 g/mol. The molecule has 0 unspecified atom stereocenters. The van der Waals surface area contributed by atoms with E-state index in [0.717, 1.165) is 28.8 Å². The Bertz CT molecular complexity index is 1310. The van der Waals surface area contributed by atoms with Crippen LogP contribution in [0.15, 0.2) is 77.7 Å². The van der Waals surface area contributed by atoms with Gasteiger partial charge in [0, 0.05) is 32.7 Å². The molecule has 0 aliphatic carbocycles. The van der Waals surface area contributed by atoms with E-state index in [-0.39, 0.29) is 0 Å². The molecule has 0 aromatic heterocycles. The maximum absolute atomic E-state index is 13.3. The van der Waals surface area contributed by atoms with Gasteiger partial charge in [-0.3, -0.25) is 4.90 Å². The predicted molar refractivity (Wildman–Crippen MR) is 137 cm³/mol. The smallest absolute Gasteiger partial charge is 0.367 e. The van der Waals surface area contributed by atoms with Crippen molar-refractivity contribution in [2.45, 2.75) is 31.0 Å². The molecule has 0 N–H and O–H groups in total. The molecule has 1 aliphatic heterocycles. The Labute approximate surface area is 216 Å². The van der Waals surface area contributed by atoms with E-state index in [1.54, 1.807) is 19.1 Å². The van der Waals surface area contributed by atoms with Gasteiger partial charge >= 0.3 is 6.18 Å². The third kappa shape index (κ3) is 6.59. The molecule has 1 aliphatic rings. The van der Waals surface area contributed by atoms with Crippen LogP contribution in [0.4, 0.5) is 13.2 Å². The van der Waals surface area contributed by atoms with Crippen LogP contribution in [0, 0.1) is 13.8 Å². The zero-order valence-corrected chi connectivity index (χ0v) is 21.7. The van der Waals surface area contributed by atoms with Crippen molar-refractivity contribution in [3.05, 3.63) is 101 Å². The van der Waals surface area contributed by atoms with E-state index in [1.807, 2.05) is 49.4 Å². The van der Waals surface area contributed by atoms with Crippen molar-refractivity contribution in [1.82, 2.24) is 9.21 Å². The number of ether oxygens (including phenoxy) is 1. The zero-order chi connectivity index (χ0) is 26.6. The van der Waals surface area contributed by atoms with Crippen LogP contribution in [-0.2, 0) is 20.9 Å². The second kappa shape index (κ2) is 11.3. The summed E-state index contributed by atoms with van der Waals surface area (Å²) >= 11 is 0. The number of aryl methyl sites for hydroxylation is 2. The number of rotatable bonds is 8. The van der Waals surface area contributed by atoms with Gasteiger partial charge in [0.1, 0.15) is 6.10 Å². The molecule has 0 bridgehead atoms. The lowest BCUT2D eigenvalue weighted by Crippen LogP contribution is -2.49. The number of hydrogen-bond acceptors (Lipinski definition) is 4. The number of piperazine rings is 1. The molecule has 37 heavy (non-hydrogen) atoms. The SMILES string of the molecule is Cc1ccc(C)c(S(=O)(=O)N2CCN(CCO[C@H](c3ccccc3)c3cccc(C(F)(F)F)c3)CC2)c1. The first-order valence-corrected chi connectivity index (χ1v) is 13.6. The molecule has 1 fully saturated rings. The summed E-state index contributed by atoms with van der Waals surface area (Å²) in [6.07, 6.45) is -5.08. The standard InChI is InChI=1S/C28H31F3N2O3S/c1-21-11-12-22(2)26(19-21)37(34,35)33-15-13-32(14-16-33)17-18-36-27(23-7-4-3-5-8-23)24-9-6-10-25(20-24)28(29,30)31/h3-12,19-20,27H,13-18H2,1-2H3/t27-/m1/s1. The molecule has 0 saturated carbocycles. The fourth-order valence-electron chi connectivity index (χ4n) is 4.51. The van der Waals surface area contributed by atoms with E-state index < -0.39 is 27.9 Å². The topological polar surface area (TPSA) is 49.9 Å². The molecule has 5 nitrogen and oxygen atoms in total. The molecule has 1 atom stereocenters. The Hall–Kier alpha value is -2.72. The molecule has 9 heteroatoms. The number of halogens is 3. The van der Waals surface area contributed by atoms with Crippen molar-refractivity contribution in [2.75, 3.05) is 39.3 Å². The van der Waals surface area contributed by atoms with Gasteiger partial charge in [0.2, 0.25) is 10.0 Å². The van der Waals surface area contributed by atoms with Crippen LogP contribution in [0.5, 0.6) is 0 Å². The monoisotopic (exact) mass is 532 g/mol. The van der Waals surface area contributed by atoms with E-state index in [2.05, 4.69) is 4.90 Å². The summed E-state index contributed by atoms with van der Waals surface area (Å²) in [6.45, 7) is 6.34. The highest BCUT2D eigenvalue weighted by molar-refractivity contribution is 7.89. The van der Waals surface area contributed by atoms with Gasteiger partial charge in [-0.15, -0.1) is 0 Å². The molecule has 0 radical (unpaired) electrons. The van der Waals surface area contributed by atoms with E-state index in [4.69, 9.17) is 4.74 Å². The van der Waals surface area contributed by atoms with Gasteiger partial charge in [-0.25, -0.2) is 8.42 Å². The van der Waals surface area contributed by atoms with Crippen LogP contribution >= 0.6 is 0 Å². The van der Waals surface area contributed by atoms with E-state index in [0.29, 0.717) is 49.8 Å². The summed E-state index contributed by atoms with van der Waals surface area (Å²) in [6, 6.07) is 19.8. The molecule has 3 aromatic rings. The fourth-order valence-corrected chi connectivity index (χ4v) is 6.24. The fraction of sp³-hybridized carbons (Fsp3) is 0.357. The molecule has 0 amide bonds. The second-order valence-electron chi connectivity index (χ2n) is 9.30. The van der Waals surface area contributed by atoms with Crippen molar-refractivity contribution in [2.24, 2.45) is 0 Å². The zero-order valence-electron chi connectivity index (χ0n) is 20.9. The van der Waals surface area contributed by atoms with Crippen LogP contribution in [-0.4, -0.2) is 57.0 Å². The van der Waals surface area contributed by atoms with E-state index >= 15 is 0 Å². The minimum Gasteiger partial charge on any atom is -0.367 e.